The van der Waals surface area contributed by atoms with E-state index in [1.807, 2.05) is 30.5 Å². The van der Waals surface area contributed by atoms with Crippen LogP contribution in [-0.4, -0.2) is 38.0 Å². The number of hydrogen-bond acceptors (Lipinski definition) is 4. The molecule has 0 saturated heterocycles. The minimum atomic E-state index is -3.55. The van der Waals surface area contributed by atoms with Crippen LogP contribution in [0.2, 0.25) is 0 Å². The molecule has 1 aliphatic carbocycles. The van der Waals surface area contributed by atoms with Crippen LogP contribution >= 0.6 is 11.8 Å². The maximum Gasteiger partial charge on any atom is 0.255 e. The Labute approximate surface area is 171 Å². The van der Waals surface area contributed by atoms with Gasteiger partial charge in [-0.1, -0.05) is 19.3 Å². The van der Waals surface area contributed by atoms with Crippen molar-refractivity contribution in [3.8, 4) is 0 Å². The maximum atomic E-state index is 12.9. The Bertz CT molecular complexity index is 904. The number of anilines is 1. The molecule has 1 saturated carbocycles. The van der Waals surface area contributed by atoms with Gasteiger partial charge >= 0.3 is 0 Å². The van der Waals surface area contributed by atoms with Gasteiger partial charge in [0.1, 0.15) is 0 Å². The summed E-state index contributed by atoms with van der Waals surface area (Å²) >= 11 is 1.64. The number of rotatable bonds is 6. The third-order valence-corrected chi connectivity index (χ3v) is 7.90. The lowest BCUT2D eigenvalue weighted by Crippen LogP contribution is -2.38. The summed E-state index contributed by atoms with van der Waals surface area (Å²) in [5.74, 6) is -0.263. The highest BCUT2D eigenvalue weighted by atomic mass is 32.2. The van der Waals surface area contributed by atoms with Gasteiger partial charge in [0.2, 0.25) is 10.0 Å². The topological polar surface area (TPSA) is 66.5 Å². The highest BCUT2D eigenvalue weighted by Crippen LogP contribution is 2.26. The normalized spacial score (nSPS) is 15.5. The second-order valence-electron chi connectivity index (χ2n) is 7.02. The Morgan fingerprint density at radius 1 is 1.00 bits per heavy atom. The quantitative estimate of drug-likeness (QED) is 0.696. The summed E-state index contributed by atoms with van der Waals surface area (Å²) in [4.78, 5) is 13.8. The first-order valence-corrected chi connectivity index (χ1v) is 12.1. The van der Waals surface area contributed by atoms with Gasteiger partial charge in [-0.3, -0.25) is 4.79 Å². The fraction of sp³-hybridized carbons (Fsp3) is 0.381. The molecule has 3 rings (SSSR count). The van der Waals surface area contributed by atoms with E-state index in [0.29, 0.717) is 11.3 Å². The van der Waals surface area contributed by atoms with E-state index in [-0.39, 0.29) is 16.8 Å². The molecule has 0 aliphatic heterocycles. The molecular weight excluding hydrogens is 392 g/mol. The molecule has 28 heavy (non-hydrogen) atoms. The van der Waals surface area contributed by atoms with Crippen LogP contribution < -0.4 is 5.32 Å². The maximum absolute atomic E-state index is 12.9. The molecular formula is C21H26N2O3S2. The molecule has 0 radical (unpaired) electrons. The Kier molecular flexibility index (Phi) is 6.80. The van der Waals surface area contributed by atoms with E-state index < -0.39 is 10.0 Å². The number of carbonyl (C=O) groups excluding carboxylic acids is 1. The van der Waals surface area contributed by atoms with E-state index in [1.54, 1.807) is 30.9 Å². The van der Waals surface area contributed by atoms with Gasteiger partial charge in [-0.15, -0.1) is 11.8 Å². The first-order valence-electron chi connectivity index (χ1n) is 9.45. The molecule has 0 aromatic heterocycles. The van der Waals surface area contributed by atoms with E-state index in [2.05, 4.69) is 5.32 Å². The third-order valence-electron chi connectivity index (χ3n) is 5.23. The number of sulfonamides is 1. The summed E-state index contributed by atoms with van der Waals surface area (Å²) < 4.78 is 27.3. The standard InChI is InChI=1S/C21H26N2O3S2/c1-23(18-6-4-3-5-7-18)28(25,26)20-14-8-16(9-15-20)21(24)22-17-10-12-19(27-2)13-11-17/h8-15,18H,3-7H2,1-2H3,(H,22,24). The van der Waals surface area contributed by atoms with Crippen molar-refractivity contribution in [1.29, 1.82) is 0 Å². The first-order chi connectivity index (χ1) is 13.4. The van der Waals surface area contributed by atoms with Crippen LogP contribution in [0.1, 0.15) is 42.5 Å². The van der Waals surface area contributed by atoms with Gasteiger partial charge < -0.3 is 5.32 Å². The van der Waals surface area contributed by atoms with Crippen molar-refractivity contribution in [2.75, 3.05) is 18.6 Å². The molecule has 7 heteroatoms. The summed E-state index contributed by atoms with van der Waals surface area (Å²) in [5.41, 5.74) is 1.13. The predicted octanol–water partition coefficient (Wildman–Crippen LogP) is 4.61. The number of amides is 1. The molecule has 1 amide bonds. The van der Waals surface area contributed by atoms with Crippen molar-refractivity contribution < 1.29 is 13.2 Å². The Morgan fingerprint density at radius 2 is 1.61 bits per heavy atom. The average molecular weight is 419 g/mol. The van der Waals surface area contributed by atoms with E-state index in [1.165, 1.54) is 22.9 Å². The van der Waals surface area contributed by atoms with Gasteiger partial charge in [0, 0.05) is 29.2 Å². The zero-order chi connectivity index (χ0) is 20.1. The lowest BCUT2D eigenvalue weighted by atomic mass is 9.96. The number of nitrogens with one attached hydrogen (secondary N) is 1. The zero-order valence-corrected chi connectivity index (χ0v) is 17.9. The zero-order valence-electron chi connectivity index (χ0n) is 16.2. The Balaban J connectivity index is 1.70. The lowest BCUT2D eigenvalue weighted by Gasteiger charge is -2.30. The van der Waals surface area contributed by atoms with Crippen LogP contribution in [0.3, 0.4) is 0 Å². The fourth-order valence-electron chi connectivity index (χ4n) is 3.46. The monoisotopic (exact) mass is 418 g/mol. The molecule has 150 valence electrons. The molecule has 0 heterocycles. The van der Waals surface area contributed by atoms with E-state index in [0.717, 1.165) is 30.6 Å². The van der Waals surface area contributed by atoms with E-state index >= 15 is 0 Å². The fourth-order valence-corrected chi connectivity index (χ4v) is 5.29. The molecule has 5 nitrogen and oxygen atoms in total. The Morgan fingerprint density at radius 3 is 2.18 bits per heavy atom. The smallest absolute Gasteiger partial charge is 0.255 e. The molecule has 0 unspecified atom stereocenters. The largest absolute Gasteiger partial charge is 0.322 e. The van der Waals surface area contributed by atoms with Crippen LogP contribution in [-0.2, 0) is 10.0 Å². The van der Waals surface area contributed by atoms with Crippen LogP contribution in [0.15, 0.2) is 58.3 Å². The van der Waals surface area contributed by atoms with Crippen molar-refractivity contribution in [2.24, 2.45) is 0 Å². The molecule has 2 aromatic carbocycles. The number of benzene rings is 2. The second-order valence-corrected chi connectivity index (χ2v) is 9.90. The van der Waals surface area contributed by atoms with Crippen molar-refractivity contribution in [1.82, 2.24) is 4.31 Å². The van der Waals surface area contributed by atoms with Crippen LogP contribution in [0.5, 0.6) is 0 Å². The number of carbonyl (C=O) groups is 1. The minimum Gasteiger partial charge on any atom is -0.322 e. The van der Waals surface area contributed by atoms with Crippen molar-refractivity contribution >= 4 is 33.4 Å². The molecule has 1 aliphatic rings. The van der Waals surface area contributed by atoms with Gasteiger partial charge in [-0.05, 0) is 67.6 Å². The van der Waals surface area contributed by atoms with Gasteiger partial charge in [0.05, 0.1) is 4.90 Å². The average Bonchev–Trinajstić information content (AvgIpc) is 2.74. The molecule has 0 atom stereocenters. The molecule has 2 aromatic rings. The summed E-state index contributed by atoms with van der Waals surface area (Å²) in [6.07, 6.45) is 7.13. The molecule has 1 N–H and O–H groups in total. The summed E-state index contributed by atoms with van der Waals surface area (Å²) in [7, 11) is -1.89. The summed E-state index contributed by atoms with van der Waals surface area (Å²) in [5, 5.41) is 2.83. The van der Waals surface area contributed by atoms with Gasteiger partial charge in [-0.25, -0.2) is 8.42 Å². The Hall–Kier alpha value is -1.83. The number of thioether (sulfide) groups is 1. The van der Waals surface area contributed by atoms with Crippen molar-refractivity contribution in [3.05, 3.63) is 54.1 Å². The van der Waals surface area contributed by atoms with Crippen LogP contribution in [0.4, 0.5) is 5.69 Å². The SMILES string of the molecule is CSc1ccc(NC(=O)c2ccc(S(=O)(=O)N(C)C3CCCCC3)cc2)cc1. The van der Waals surface area contributed by atoms with Gasteiger partial charge in [0.15, 0.2) is 0 Å². The second kappa shape index (κ2) is 9.11. The van der Waals surface area contributed by atoms with E-state index in [9.17, 15) is 13.2 Å². The predicted molar refractivity (Wildman–Crippen MR) is 114 cm³/mol. The lowest BCUT2D eigenvalue weighted by molar-refractivity contribution is 0.102. The summed E-state index contributed by atoms with van der Waals surface area (Å²) in [6, 6.07) is 13.8. The third kappa shape index (κ3) is 4.77. The highest BCUT2D eigenvalue weighted by Gasteiger charge is 2.29. The van der Waals surface area contributed by atoms with E-state index in [4.69, 9.17) is 0 Å². The number of hydrogen-bond donors (Lipinski definition) is 1. The molecule has 0 spiro atoms. The molecule has 1 fully saturated rings. The van der Waals surface area contributed by atoms with Gasteiger partial charge in [-0.2, -0.15) is 4.31 Å². The summed E-state index contributed by atoms with van der Waals surface area (Å²) in [6.45, 7) is 0. The molecule has 0 bridgehead atoms. The first kappa shape index (κ1) is 20.9. The van der Waals surface area contributed by atoms with Crippen LogP contribution in [0.25, 0.3) is 0 Å². The highest BCUT2D eigenvalue weighted by molar-refractivity contribution is 7.98. The van der Waals surface area contributed by atoms with Gasteiger partial charge in [0.25, 0.3) is 5.91 Å². The van der Waals surface area contributed by atoms with Crippen molar-refractivity contribution in [2.45, 2.75) is 47.9 Å². The van der Waals surface area contributed by atoms with Crippen LogP contribution in [0, 0.1) is 0 Å². The minimum absolute atomic E-state index is 0.0611. The van der Waals surface area contributed by atoms with Crippen molar-refractivity contribution in [3.63, 3.8) is 0 Å². The number of nitrogens with zero attached hydrogens (tertiary/aromatic N) is 1.